The van der Waals surface area contributed by atoms with Crippen molar-refractivity contribution in [3.8, 4) is 0 Å². The maximum atomic E-state index is 10.5. The molecule has 0 aliphatic heterocycles. The van der Waals surface area contributed by atoms with Gasteiger partial charge in [0.15, 0.2) is 0 Å². The monoisotopic (exact) mass is 390 g/mol. The van der Waals surface area contributed by atoms with Crippen LogP contribution in [0.1, 0.15) is 101 Å². The second kappa shape index (κ2) is 15.1. The molecule has 0 aliphatic carbocycles. The fourth-order valence-electron chi connectivity index (χ4n) is 3.80. The first-order valence-corrected chi connectivity index (χ1v) is 11.1. The van der Waals surface area contributed by atoms with Crippen LogP contribution in [0, 0.1) is 0 Å². The van der Waals surface area contributed by atoms with Crippen molar-refractivity contribution in [3.63, 3.8) is 0 Å². The Morgan fingerprint density at radius 1 is 0.679 bits per heavy atom. The number of aryl methyl sites for hydroxylation is 2. The Morgan fingerprint density at radius 3 is 1.68 bits per heavy atom. The first kappa shape index (κ1) is 24.2. The summed E-state index contributed by atoms with van der Waals surface area (Å²) < 4.78 is 0. The molecular formula is C24H38O4. The van der Waals surface area contributed by atoms with E-state index in [2.05, 4.69) is 25.1 Å². The molecule has 2 N–H and O–H groups in total. The van der Waals surface area contributed by atoms with E-state index in [0.29, 0.717) is 12.8 Å². The van der Waals surface area contributed by atoms with Crippen molar-refractivity contribution >= 4 is 11.9 Å². The predicted molar refractivity (Wildman–Crippen MR) is 114 cm³/mol. The van der Waals surface area contributed by atoms with E-state index in [1.54, 1.807) is 0 Å². The summed E-state index contributed by atoms with van der Waals surface area (Å²) in [6.45, 7) is 2.22. The minimum absolute atomic E-state index is 0.291. The highest BCUT2D eigenvalue weighted by atomic mass is 16.4. The van der Waals surface area contributed by atoms with Gasteiger partial charge in [-0.1, -0.05) is 63.6 Å². The van der Waals surface area contributed by atoms with Gasteiger partial charge in [0, 0.05) is 12.8 Å². The van der Waals surface area contributed by atoms with Gasteiger partial charge in [-0.3, -0.25) is 9.59 Å². The maximum absolute atomic E-state index is 10.5. The Morgan fingerprint density at radius 2 is 1.14 bits per heavy atom. The molecule has 0 saturated heterocycles. The Balaban J connectivity index is 2.35. The van der Waals surface area contributed by atoms with Crippen LogP contribution >= 0.6 is 0 Å². The molecule has 0 fully saturated rings. The molecule has 0 saturated carbocycles. The van der Waals surface area contributed by atoms with Gasteiger partial charge in [-0.05, 0) is 61.6 Å². The average molecular weight is 391 g/mol. The van der Waals surface area contributed by atoms with E-state index >= 15 is 0 Å². The molecule has 0 atom stereocenters. The quantitative estimate of drug-likeness (QED) is 0.311. The van der Waals surface area contributed by atoms with E-state index in [0.717, 1.165) is 57.8 Å². The highest BCUT2D eigenvalue weighted by molar-refractivity contribution is 5.66. The summed E-state index contributed by atoms with van der Waals surface area (Å²) >= 11 is 0. The largest absolute Gasteiger partial charge is 0.481 e. The summed E-state index contributed by atoms with van der Waals surface area (Å²) in [6, 6.07) is 6.69. The topological polar surface area (TPSA) is 74.6 Å². The molecule has 0 aliphatic rings. The summed E-state index contributed by atoms with van der Waals surface area (Å²) in [5.74, 6) is -1.38. The summed E-state index contributed by atoms with van der Waals surface area (Å²) in [5, 5.41) is 17.4. The number of benzene rings is 1. The van der Waals surface area contributed by atoms with Gasteiger partial charge in [-0.25, -0.2) is 0 Å². The van der Waals surface area contributed by atoms with Crippen molar-refractivity contribution in [1.29, 1.82) is 0 Å². The molecule has 158 valence electrons. The van der Waals surface area contributed by atoms with E-state index in [4.69, 9.17) is 10.2 Å². The third kappa shape index (κ3) is 11.1. The molecule has 28 heavy (non-hydrogen) atoms. The van der Waals surface area contributed by atoms with Crippen molar-refractivity contribution in [2.45, 2.75) is 103 Å². The normalized spacial score (nSPS) is 10.9. The zero-order valence-electron chi connectivity index (χ0n) is 17.5. The number of aliphatic carboxylic acids is 2. The highest BCUT2D eigenvalue weighted by Gasteiger charge is 2.07. The van der Waals surface area contributed by atoms with Crippen molar-refractivity contribution < 1.29 is 19.8 Å². The smallest absolute Gasteiger partial charge is 0.303 e. The molecule has 4 nitrogen and oxygen atoms in total. The van der Waals surface area contributed by atoms with Crippen LogP contribution in [0.2, 0.25) is 0 Å². The Labute approximate surface area is 170 Å². The molecule has 0 amide bonds. The van der Waals surface area contributed by atoms with Crippen LogP contribution in [-0.2, 0) is 28.9 Å². The van der Waals surface area contributed by atoms with Crippen molar-refractivity contribution in [2.24, 2.45) is 0 Å². The van der Waals surface area contributed by atoms with Gasteiger partial charge < -0.3 is 10.2 Å². The van der Waals surface area contributed by atoms with Gasteiger partial charge >= 0.3 is 11.9 Å². The molecule has 0 spiro atoms. The number of carboxylic acid groups (broad SMARTS) is 2. The number of rotatable bonds is 17. The Bertz CT molecular complexity index is 580. The van der Waals surface area contributed by atoms with Gasteiger partial charge in [0.1, 0.15) is 0 Å². The van der Waals surface area contributed by atoms with E-state index in [-0.39, 0.29) is 0 Å². The lowest BCUT2D eigenvalue weighted by molar-refractivity contribution is -0.138. The van der Waals surface area contributed by atoms with Crippen molar-refractivity contribution in [1.82, 2.24) is 0 Å². The fourth-order valence-corrected chi connectivity index (χ4v) is 3.80. The van der Waals surface area contributed by atoms with Crippen LogP contribution < -0.4 is 0 Å². The summed E-state index contributed by atoms with van der Waals surface area (Å²) in [7, 11) is 0. The molecule has 0 bridgehead atoms. The van der Waals surface area contributed by atoms with Crippen LogP contribution in [0.25, 0.3) is 0 Å². The number of hydrogen-bond donors (Lipinski definition) is 2. The molecule has 1 aromatic carbocycles. The summed E-state index contributed by atoms with van der Waals surface area (Å²) in [5.41, 5.74) is 4.47. The second-order valence-electron chi connectivity index (χ2n) is 7.73. The van der Waals surface area contributed by atoms with E-state index in [1.807, 2.05) is 0 Å². The van der Waals surface area contributed by atoms with Gasteiger partial charge in [-0.2, -0.15) is 0 Å². The first-order chi connectivity index (χ1) is 13.5. The first-order valence-electron chi connectivity index (χ1n) is 11.1. The summed E-state index contributed by atoms with van der Waals surface area (Å²) in [6.07, 6.45) is 14.4. The van der Waals surface area contributed by atoms with Crippen molar-refractivity contribution in [3.05, 3.63) is 34.9 Å². The van der Waals surface area contributed by atoms with Crippen LogP contribution in [0.15, 0.2) is 18.2 Å². The van der Waals surface area contributed by atoms with E-state index in [9.17, 15) is 9.59 Å². The second-order valence-corrected chi connectivity index (χ2v) is 7.73. The molecule has 1 rings (SSSR count). The number of carbonyl (C=O) groups is 2. The van der Waals surface area contributed by atoms with Crippen LogP contribution in [-0.4, -0.2) is 22.2 Å². The van der Waals surface area contributed by atoms with Crippen LogP contribution in [0.3, 0.4) is 0 Å². The average Bonchev–Trinajstić information content (AvgIpc) is 2.66. The van der Waals surface area contributed by atoms with E-state index < -0.39 is 11.9 Å². The molecule has 1 aromatic rings. The lowest BCUT2D eigenvalue weighted by Gasteiger charge is -2.14. The highest BCUT2D eigenvalue weighted by Crippen LogP contribution is 2.22. The summed E-state index contributed by atoms with van der Waals surface area (Å²) in [4.78, 5) is 21.1. The van der Waals surface area contributed by atoms with Gasteiger partial charge in [0.25, 0.3) is 0 Å². The molecule has 0 unspecified atom stereocenters. The minimum Gasteiger partial charge on any atom is -0.481 e. The molecule has 4 heteroatoms. The maximum Gasteiger partial charge on any atom is 0.303 e. The predicted octanol–water partition coefficient (Wildman–Crippen LogP) is 6.18. The zero-order valence-corrected chi connectivity index (χ0v) is 17.5. The SMILES string of the molecule is CCc1cccc(CCCCCCCC(=O)O)c1CCCCCCCC(=O)O. The number of hydrogen-bond acceptors (Lipinski definition) is 2. The number of unbranched alkanes of at least 4 members (excludes halogenated alkanes) is 8. The third-order valence-corrected chi connectivity index (χ3v) is 5.41. The molecule has 0 aromatic heterocycles. The molecule has 0 heterocycles. The van der Waals surface area contributed by atoms with Gasteiger partial charge in [-0.15, -0.1) is 0 Å². The lowest BCUT2D eigenvalue weighted by Crippen LogP contribution is -2.01. The van der Waals surface area contributed by atoms with Crippen LogP contribution in [0.4, 0.5) is 0 Å². The lowest BCUT2D eigenvalue weighted by atomic mass is 9.91. The Kier molecular flexibility index (Phi) is 13.1. The van der Waals surface area contributed by atoms with Gasteiger partial charge in [0.2, 0.25) is 0 Å². The van der Waals surface area contributed by atoms with Crippen LogP contribution in [0.5, 0.6) is 0 Å². The van der Waals surface area contributed by atoms with Crippen molar-refractivity contribution in [2.75, 3.05) is 0 Å². The fraction of sp³-hybridized carbons (Fsp3) is 0.667. The standard InChI is InChI=1S/C24H38O4/c1-2-20-15-13-16-21(14-9-5-3-7-11-18-23(25)26)22(20)17-10-6-4-8-12-19-24(27)28/h13,15-16H,2-12,14,17-19H2,1H3,(H,25,26)(H,27,28). The van der Waals surface area contributed by atoms with Gasteiger partial charge in [0.05, 0.1) is 0 Å². The zero-order chi connectivity index (χ0) is 20.6. The molecular weight excluding hydrogens is 352 g/mol. The number of carboxylic acids is 2. The van der Waals surface area contributed by atoms with E-state index in [1.165, 1.54) is 42.4 Å². The molecule has 0 radical (unpaired) electrons. The Hall–Kier alpha value is -1.84. The minimum atomic E-state index is -0.692. The third-order valence-electron chi connectivity index (χ3n) is 5.41.